The van der Waals surface area contributed by atoms with Crippen LogP contribution in [0.25, 0.3) is 0 Å². The highest BCUT2D eigenvalue weighted by Gasteiger charge is 2.09. The Morgan fingerprint density at radius 2 is 2.08 bits per heavy atom. The van der Waals surface area contributed by atoms with Gasteiger partial charge < -0.3 is 21.2 Å². The number of oxime groups is 1. The zero-order valence-corrected chi connectivity index (χ0v) is 8.78. The second-order valence-corrected chi connectivity index (χ2v) is 3.47. The van der Waals surface area contributed by atoms with E-state index in [4.69, 9.17) is 10.9 Å². The van der Waals surface area contributed by atoms with Crippen molar-refractivity contribution in [2.75, 3.05) is 20.6 Å². The van der Waals surface area contributed by atoms with Crippen LogP contribution in [0.2, 0.25) is 0 Å². The third kappa shape index (κ3) is 4.69. The molecule has 0 saturated heterocycles. The van der Waals surface area contributed by atoms with Gasteiger partial charge in [-0.3, -0.25) is 0 Å². The Balaban J connectivity index is 3.76. The molecule has 0 saturated carbocycles. The Morgan fingerprint density at radius 3 is 2.46 bits per heavy atom. The van der Waals surface area contributed by atoms with Crippen molar-refractivity contribution in [3.63, 3.8) is 0 Å². The number of hydrogen-bond acceptors (Lipinski definition) is 4. The van der Waals surface area contributed by atoms with Crippen molar-refractivity contribution < 1.29 is 5.21 Å². The Kier molecular flexibility index (Phi) is 5.41. The second-order valence-electron chi connectivity index (χ2n) is 3.47. The van der Waals surface area contributed by atoms with Crippen LogP contribution in [0.4, 0.5) is 0 Å². The molecule has 0 radical (unpaired) electrons. The van der Waals surface area contributed by atoms with Gasteiger partial charge >= 0.3 is 0 Å². The number of nitrogens with one attached hydrogen (secondary N) is 1. The number of nitrogens with zero attached hydrogens (tertiary/aromatic N) is 2. The molecule has 2 unspecified atom stereocenters. The lowest BCUT2D eigenvalue weighted by molar-refractivity contribution is 0.296. The third-order valence-corrected chi connectivity index (χ3v) is 2.16. The summed E-state index contributed by atoms with van der Waals surface area (Å²) < 4.78 is 0. The second kappa shape index (κ2) is 5.77. The Morgan fingerprint density at radius 1 is 1.54 bits per heavy atom. The molecule has 0 aliphatic heterocycles. The molecular formula is C8H20N4O. The summed E-state index contributed by atoms with van der Waals surface area (Å²) in [6.45, 7) is 4.77. The lowest BCUT2D eigenvalue weighted by Gasteiger charge is -2.22. The normalized spacial score (nSPS) is 17.5. The molecular weight excluding hydrogens is 168 g/mol. The van der Waals surface area contributed by atoms with Gasteiger partial charge in [-0.1, -0.05) is 5.16 Å². The monoisotopic (exact) mass is 188 g/mol. The zero-order valence-electron chi connectivity index (χ0n) is 8.78. The van der Waals surface area contributed by atoms with Gasteiger partial charge in [0.2, 0.25) is 0 Å². The third-order valence-electron chi connectivity index (χ3n) is 2.16. The summed E-state index contributed by atoms with van der Waals surface area (Å²) in [6.07, 6.45) is 0. The molecule has 5 nitrogen and oxygen atoms in total. The maximum Gasteiger partial charge on any atom is 0.156 e. The van der Waals surface area contributed by atoms with Crippen molar-refractivity contribution in [1.29, 1.82) is 0 Å². The molecule has 0 aliphatic carbocycles. The van der Waals surface area contributed by atoms with Gasteiger partial charge in [0.25, 0.3) is 0 Å². The van der Waals surface area contributed by atoms with Gasteiger partial charge in [-0.15, -0.1) is 0 Å². The standard InChI is InChI=1S/C8H20N4O/c1-6(12(3)4)5-10-7(2)8(9)11-13/h6-7,10,13H,5H2,1-4H3,(H2,9,11). The van der Waals surface area contributed by atoms with Crippen LogP contribution in [0.15, 0.2) is 5.16 Å². The van der Waals surface area contributed by atoms with Crippen LogP contribution in [0, 0.1) is 0 Å². The van der Waals surface area contributed by atoms with Gasteiger partial charge in [-0.05, 0) is 27.9 Å². The minimum Gasteiger partial charge on any atom is -0.409 e. The van der Waals surface area contributed by atoms with E-state index < -0.39 is 0 Å². The number of nitrogens with two attached hydrogens (primary N) is 1. The molecule has 0 amide bonds. The van der Waals surface area contributed by atoms with Gasteiger partial charge in [0.05, 0.1) is 6.04 Å². The summed E-state index contributed by atoms with van der Waals surface area (Å²) in [5.74, 6) is 0.214. The summed E-state index contributed by atoms with van der Waals surface area (Å²) in [5.41, 5.74) is 5.40. The van der Waals surface area contributed by atoms with Crippen LogP contribution < -0.4 is 11.1 Å². The van der Waals surface area contributed by atoms with Crippen LogP contribution in [-0.2, 0) is 0 Å². The van der Waals surface area contributed by atoms with E-state index in [2.05, 4.69) is 22.3 Å². The fourth-order valence-corrected chi connectivity index (χ4v) is 0.721. The highest BCUT2D eigenvalue weighted by Crippen LogP contribution is 1.90. The molecule has 0 aromatic heterocycles. The van der Waals surface area contributed by atoms with Crippen LogP contribution in [-0.4, -0.2) is 48.7 Å². The average molecular weight is 188 g/mol. The van der Waals surface area contributed by atoms with Gasteiger partial charge in [0.1, 0.15) is 0 Å². The first kappa shape index (κ1) is 12.2. The van der Waals surface area contributed by atoms with E-state index in [0.717, 1.165) is 6.54 Å². The minimum absolute atomic E-state index is 0.0904. The van der Waals surface area contributed by atoms with Gasteiger partial charge in [-0.25, -0.2) is 0 Å². The van der Waals surface area contributed by atoms with E-state index in [1.807, 2.05) is 21.0 Å². The highest BCUT2D eigenvalue weighted by atomic mass is 16.4. The summed E-state index contributed by atoms with van der Waals surface area (Å²) in [6, 6.07) is 0.335. The van der Waals surface area contributed by atoms with E-state index in [0.29, 0.717) is 6.04 Å². The largest absolute Gasteiger partial charge is 0.409 e. The predicted molar refractivity (Wildman–Crippen MR) is 54.0 cm³/mol. The summed E-state index contributed by atoms with van der Waals surface area (Å²) in [7, 11) is 4.03. The number of hydrogen-bond donors (Lipinski definition) is 3. The maximum absolute atomic E-state index is 8.39. The van der Waals surface area contributed by atoms with Crippen LogP contribution in [0.5, 0.6) is 0 Å². The lowest BCUT2D eigenvalue weighted by Crippen LogP contribution is -2.44. The molecule has 5 heteroatoms. The van der Waals surface area contributed by atoms with E-state index in [1.54, 1.807) is 0 Å². The maximum atomic E-state index is 8.39. The fourth-order valence-electron chi connectivity index (χ4n) is 0.721. The van der Waals surface area contributed by atoms with Crippen molar-refractivity contribution in [1.82, 2.24) is 10.2 Å². The number of rotatable bonds is 5. The van der Waals surface area contributed by atoms with E-state index in [9.17, 15) is 0 Å². The van der Waals surface area contributed by atoms with Crippen LogP contribution in [0.1, 0.15) is 13.8 Å². The topological polar surface area (TPSA) is 73.9 Å². The Bertz CT molecular complexity index is 170. The van der Waals surface area contributed by atoms with Crippen molar-refractivity contribution in [3.8, 4) is 0 Å². The van der Waals surface area contributed by atoms with Gasteiger partial charge in [0.15, 0.2) is 5.84 Å². The number of amidine groups is 1. The Hall–Kier alpha value is -0.810. The van der Waals surface area contributed by atoms with Gasteiger partial charge in [0, 0.05) is 12.6 Å². The predicted octanol–water partition coefficient (Wildman–Crippen LogP) is -0.339. The van der Waals surface area contributed by atoms with E-state index >= 15 is 0 Å². The summed E-state index contributed by atoms with van der Waals surface area (Å²) in [4.78, 5) is 2.10. The molecule has 0 bridgehead atoms. The lowest BCUT2D eigenvalue weighted by atomic mass is 10.2. The zero-order chi connectivity index (χ0) is 10.4. The average Bonchev–Trinajstić information content (AvgIpc) is 2.11. The number of likely N-dealkylation sites (N-methyl/N-ethyl adjacent to an activating group) is 1. The van der Waals surface area contributed by atoms with Crippen LogP contribution >= 0.6 is 0 Å². The molecule has 13 heavy (non-hydrogen) atoms. The first-order valence-corrected chi connectivity index (χ1v) is 4.36. The summed E-state index contributed by atoms with van der Waals surface area (Å²) in [5, 5.41) is 14.5. The Labute approximate surface area is 79.6 Å². The van der Waals surface area contributed by atoms with E-state index in [-0.39, 0.29) is 11.9 Å². The molecule has 0 rings (SSSR count). The quantitative estimate of drug-likeness (QED) is 0.239. The molecule has 0 aromatic carbocycles. The van der Waals surface area contributed by atoms with Crippen molar-refractivity contribution >= 4 is 5.84 Å². The van der Waals surface area contributed by atoms with Gasteiger partial charge in [-0.2, -0.15) is 0 Å². The highest BCUT2D eigenvalue weighted by molar-refractivity contribution is 5.84. The minimum atomic E-state index is -0.0904. The first-order chi connectivity index (χ1) is 5.99. The molecule has 0 spiro atoms. The van der Waals surface area contributed by atoms with Crippen molar-refractivity contribution in [2.24, 2.45) is 10.9 Å². The van der Waals surface area contributed by atoms with Crippen molar-refractivity contribution in [3.05, 3.63) is 0 Å². The van der Waals surface area contributed by atoms with Crippen molar-refractivity contribution in [2.45, 2.75) is 25.9 Å². The molecule has 0 aliphatic rings. The molecule has 4 N–H and O–H groups in total. The molecule has 2 atom stereocenters. The van der Waals surface area contributed by atoms with Crippen LogP contribution in [0.3, 0.4) is 0 Å². The molecule has 0 aromatic rings. The SMILES string of the molecule is CC(NCC(C)N(C)C)C(N)=NO. The summed E-state index contributed by atoms with van der Waals surface area (Å²) >= 11 is 0. The smallest absolute Gasteiger partial charge is 0.156 e. The molecule has 78 valence electrons. The first-order valence-electron chi connectivity index (χ1n) is 4.36. The molecule has 0 fully saturated rings. The van der Waals surface area contributed by atoms with E-state index in [1.165, 1.54) is 0 Å². The fraction of sp³-hybridized carbons (Fsp3) is 0.875. The molecule has 0 heterocycles.